The van der Waals surface area contributed by atoms with Crippen LogP contribution in [0.2, 0.25) is 0 Å². The van der Waals surface area contributed by atoms with Crippen molar-refractivity contribution in [2.24, 2.45) is 5.10 Å². The fourth-order valence-electron chi connectivity index (χ4n) is 2.85. The second kappa shape index (κ2) is 8.29. The average molecular weight is 352 g/mol. The highest BCUT2D eigenvalue weighted by atomic mass is 16.2. The number of hydrogen-bond donors (Lipinski definition) is 2. The molecule has 26 heavy (non-hydrogen) atoms. The molecule has 1 heterocycles. The van der Waals surface area contributed by atoms with Crippen molar-refractivity contribution in [1.82, 2.24) is 15.3 Å². The van der Waals surface area contributed by atoms with E-state index in [9.17, 15) is 9.59 Å². The van der Waals surface area contributed by atoms with Gasteiger partial charge in [0.15, 0.2) is 0 Å². The molecular weight excluding hydrogens is 328 g/mol. The molecule has 0 spiro atoms. The van der Waals surface area contributed by atoms with E-state index >= 15 is 0 Å². The van der Waals surface area contributed by atoms with Crippen molar-refractivity contribution in [3.05, 3.63) is 65.0 Å². The Morgan fingerprint density at radius 2 is 1.73 bits per heavy atom. The summed E-state index contributed by atoms with van der Waals surface area (Å²) >= 11 is 0. The van der Waals surface area contributed by atoms with Crippen molar-refractivity contribution < 1.29 is 9.59 Å². The number of rotatable bonds is 5. The van der Waals surface area contributed by atoms with Gasteiger partial charge < -0.3 is 9.88 Å². The number of nitrogens with zero attached hydrogens (tertiary/aromatic N) is 2. The van der Waals surface area contributed by atoms with Crippen LogP contribution >= 0.6 is 0 Å². The molecule has 0 radical (unpaired) electrons. The highest BCUT2D eigenvalue weighted by Gasteiger charge is 2.12. The largest absolute Gasteiger partial charge is 0.344 e. The Kier molecular flexibility index (Phi) is 6.11. The number of hydrazone groups is 1. The monoisotopic (exact) mass is 352 g/mol. The zero-order chi connectivity index (χ0) is 19.3. The third-order valence-electron chi connectivity index (χ3n) is 3.92. The first kappa shape index (κ1) is 19.2. The van der Waals surface area contributed by atoms with E-state index in [1.54, 1.807) is 6.21 Å². The fraction of sp³-hybridized carbons (Fsp3) is 0.250. The Labute approximate surface area is 153 Å². The summed E-state index contributed by atoms with van der Waals surface area (Å²) in [4.78, 5) is 23.1. The van der Waals surface area contributed by atoms with Gasteiger partial charge in [0.1, 0.15) is 0 Å². The molecule has 136 valence electrons. The molecular formula is C20H24N4O2. The molecule has 2 N–H and O–H groups in total. The van der Waals surface area contributed by atoms with Crippen LogP contribution < -0.4 is 10.7 Å². The Balaban J connectivity index is 2.18. The molecule has 1 aromatic carbocycles. The summed E-state index contributed by atoms with van der Waals surface area (Å²) in [7, 11) is 0. The molecule has 6 heteroatoms. The van der Waals surface area contributed by atoms with Crippen LogP contribution in [0, 0.1) is 27.7 Å². The third-order valence-corrected chi connectivity index (χ3v) is 3.92. The minimum absolute atomic E-state index is 0.229. The van der Waals surface area contributed by atoms with E-state index in [-0.39, 0.29) is 6.54 Å². The minimum Gasteiger partial charge on any atom is -0.344 e. The van der Waals surface area contributed by atoms with E-state index in [2.05, 4.69) is 59.0 Å². The SMILES string of the molecule is C=CCNC(=O)C(=O)N/N=C\c1cc(C)n(-c2cc(C)cc(C)c2)c1C. The van der Waals surface area contributed by atoms with Gasteiger partial charge in [-0.3, -0.25) is 9.59 Å². The molecule has 0 bridgehead atoms. The molecule has 6 nitrogen and oxygen atoms in total. The van der Waals surface area contributed by atoms with Gasteiger partial charge in [0, 0.05) is 29.2 Å². The van der Waals surface area contributed by atoms with E-state index in [0.29, 0.717) is 0 Å². The fourth-order valence-corrected chi connectivity index (χ4v) is 2.85. The van der Waals surface area contributed by atoms with E-state index < -0.39 is 11.8 Å². The van der Waals surface area contributed by atoms with Crippen molar-refractivity contribution in [1.29, 1.82) is 0 Å². The molecule has 0 saturated carbocycles. The van der Waals surface area contributed by atoms with E-state index in [0.717, 1.165) is 22.6 Å². The molecule has 1 aromatic heterocycles. The zero-order valence-electron chi connectivity index (χ0n) is 15.6. The maximum atomic E-state index is 11.6. The minimum atomic E-state index is -0.814. The lowest BCUT2D eigenvalue weighted by molar-refractivity contribution is -0.139. The van der Waals surface area contributed by atoms with Gasteiger partial charge in [0.25, 0.3) is 0 Å². The number of aryl methyl sites for hydroxylation is 3. The Bertz CT molecular complexity index is 858. The standard InChI is InChI=1S/C20H24N4O2/c1-6-7-21-19(25)20(26)23-22-12-17-11-15(4)24(16(17)5)18-9-13(2)8-14(3)10-18/h6,8-12H,1,7H2,2-5H3,(H,21,25)(H,23,26)/b22-12-. The molecule has 0 aliphatic heterocycles. The van der Waals surface area contributed by atoms with Gasteiger partial charge in [-0.15, -0.1) is 6.58 Å². The Morgan fingerprint density at radius 3 is 2.35 bits per heavy atom. The predicted molar refractivity (Wildman–Crippen MR) is 104 cm³/mol. The maximum absolute atomic E-state index is 11.6. The molecule has 2 amide bonds. The first-order valence-corrected chi connectivity index (χ1v) is 8.33. The number of hydrogen-bond acceptors (Lipinski definition) is 3. The Hall–Kier alpha value is -3.15. The van der Waals surface area contributed by atoms with E-state index in [1.165, 1.54) is 17.2 Å². The molecule has 2 aromatic rings. The van der Waals surface area contributed by atoms with Crippen molar-refractivity contribution in [3.8, 4) is 5.69 Å². The summed E-state index contributed by atoms with van der Waals surface area (Å²) in [5.41, 5.74) is 8.64. The van der Waals surface area contributed by atoms with Crippen LogP contribution in [-0.4, -0.2) is 29.1 Å². The molecule has 0 fully saturated rings. The molecule has 0 aliphatic carbocycles. The number of aromatic nitrogens is 1. The van der Waals surface area contributed by atoms with Gasteiger partial charge in [-0.05, 0) is 57.0 Å². The lowest BCUT2D eigenvalue weighted by Crippen LogP contribution is -2.37. The van der Waals surface area contributed by atoms with E-state index in [4.69, 9.17) is 0 Å². The Morgan fingerprint density at radius 1 is 1.08 bits per heavy atom. The molecule has 0 atom stereocenters. The topological polar surface area (TPSA) is 75.5 Å². The van der Waals surface area contributed by atoms with Gasteiger partial charge in [0.05, 0.1) is 6.21 Å². The number of carbonyl (C=O) groups excluding carboxylic acids is 2. The van der Waals surface area contributed by atoms with Crippen molar-refractivity contribution >= 4 is 18.0 Å². The predicted octanol–water partition coefficient (Wildman–Crippen LogP) is 2.46. The van der Waals surface area contributed by atoms with Gasteiger partial charge in [0.2, 0.25) is 0 Å². The average Bonchev–Trinajstić information content (AvgIpc) is 2.85. The number of carbonyl (C=O) groups is 2. The van der Waals surface area contributed by atoms with Crippen LogP contribution in [0.4, 0.5) is 0 Å². The number of nitrogens with one attached hydrogen (secondary N) is 2. The van der Waals surface area contributed by atoms with Gasteiger partial charge in [-0.2, -0.15) is 5.10 Å². The quantitative estimate of drug-likeness (QED) is 0.375. The lowest BCUT2D eigenvalue weighted by atomic mass is 10.1. The van der Waals surface area contributed by atoms with Gasteiger partial charge in [-0.25, -0.2) is 5.43 Å². The molecule has 2 rings (SSSR count). The van der Waals surface area contributed by atoms with Crippen molar-refractivity contribution in [2.45, 2.75) is 27.7 Å². The highest BCUT2D eigenvalue weighted by Crippen LogP contribution is 2.21. The summed E-state index contributed by atoms with van der Waals surface area (Å²) in [6.45, 7) is 11.8. The molecule has 0 unspecified atom stereocenters. The van der Waals surface area contributed by atoms with Crippen molar-refractivity contribution in [2.75, 3.05) is 6.54 Å². The number of amides is 2. The summed E-state index contributed by atoms with van der Waals surface area (Å²) in [5.74, 6) is -1.56. The molecule has 0 saturated heterocycles. The second-order valence-corrected chi connectivity index (χ2v) is 6.21. The molecule has 0 aliphatic rings. The van der Waals surface area contributed by atoms with Gasteiger partial charge >= 0.3 is 11.8 Å². The summed E-state index contributed by atoms with van der Waals surface area (Å²) in [6.07, 6.45) is 3.04. The summed E-state index contributed by atoms with van der Waals surface area (Å²) in [5, 5.41) is 6.28. The summed E-state index contributed by atoms with van der Waals surface area (Å²) < 4.78 is 2.14. The van der Waals surface area contributed by atoms with Crippen LogP contribution in [0.25, 0.3) is 5.69 Å². The van der Waals surface area contributed by atoms with Crippen LogP contribution in [0.5, 0.6) is 0 Å². The summed E-state index contributed by atoms with van der Waals surface area (Å²) in [6, 6.07) is 8.37. The van der Waals surface area contributed by atoms with Crippen LogP contribution in [0.3, 0.4) is 0 Å². The van der Waals surface area contributed by atoms with Gasteiger partial charge in [-0.1, -0.05) is 12.1 Å². The van der Waals surface area contributed by atoms with E-state index in [1.807, 2.05) is 19.9 Å². The van der Waals surface area contributed by atoms with Crippen LogP contribution in [-0.2, 0) is 9.59 Å². The lowest BCUT2D eigenvalue weighted by Gasteiger charge is -2.11. The normalized spacial score (nSPS) is 10.8. The zero-order valence-corrected chi connectivity index (χ0v) is 15.6. The van der Waals surface area contributed by atoms with Crippen LogP contribution in [0.1, 0.15) is 28.1 Å². The van der Waals surface area contributed by atoms with Crippen molar-refractivity contribution in [3.63, 3.8) is 0 Å². The number of benzene rings is 1. The smallest absolute Gasteiger partial charge is 0.329 e. The first-order valence-electron chi connectivity index (χ1n) is 8.33. The third kappa shape index (κ3) is 4.47. The maximum Gasteiger partial charge on any atom is 0.329 e. The van der Waals surface area contributed by atoms with Crippen LogP contribution in [0.15, 0.2) is 42.0 Å². The highest BCUT2D eigenvalue weighted by molar-refractivity contribution is 6.35. The second-order valence-electron chi connectivity index (χ2n) is 6.21. The first-order chi connectivity index (χ1) is 12.3.